The number of carbonyl (C=O) groups excluding carboxylic acids is 1. The third-order valence-corrected chi connectivity index (χ3v) is 5.61. The number of carbonyl (C=O) groups is 1. The summed E-state index contributed by atoms with van der Waals surface area (Å²) in [4.78, 5) is 14.4. The number of amides is 1. The maximum atomic E-state index is 12.6. The summed E-state index contributed by atoms with van der Waals surface area (Å²) in [6.45, 7) is 0. The Bertz CT molecular complexity index is 525. The van der Waals surface area contributed by atoms with E-state index in [2.05, 4.69) is 0 Å². The van der Waals surface area contributed by atoms with E-state index < -0.39 is 0 Å². The molecule has 0 radical (unpaired) electrons. The van der Waals surface area contributed by atoms with Crippen LogP contribution in [0, 0.1) is 29.6 Å². The van der Waals surface area contributed by atoms with Gasteiger partial charge in [-0.25, -0.2) is 0 Å². The first kappa shape index (κ1) is 11.3. The topological polar surface area (TPSA) is 46.3 Å². The van der Waals surface area contributed by atoms with Gasteiger partial charge >= 0.3 is 0 Å². The molecule has 0 spiro atoms. The van der Waals surface area contributed by atoms with E-state index in [-0.39, 0.29) is 0 Å². The lowest BCUT2D eigenvalue weighted by Crippen LogP contribution is -2.30. The Morgan fingerprint density at radius 2 is 1.95 bits per heavy atom. The number of nitrogens with two attached hydrogens (primary N) is 1. The van der Waals surface area contributed by atoms with E-state index in [1.807, 2.05) is 31.3 Å². The van der Waals surface area contributed by atoms with Gasteiger partial charge in [-0.3, -0.25) is 4.79 Å². The highest BCUT2D eigenvalue weighted by atomic mass is 16.2. The molecule has 2 N–H and O–H groups in total. The van der Waals surface area contributed by atoms with Gasteiger partial charge in [-0.2, -0.15) is 0 Å². The second kappa shape index (κ2) is 3.75. The molecule has 3 nitrogen and oxygen atoms in total. The summed E-state index contributed by atoms with van der Waals surface area (Å²) in [5.74, 6) is 3.70. The van der Waals surface area contributed by atoms with E-state index in [0.717, 1.165) is 17.5 Å². The lowest BCUT2D eigenvalue weighted by Gasteiger charge is -2.19. The maximum Gasteiger partial charge on any atom is 0.230 e. The SMILES string of the molecule is CN(C(=O)C1C2C3CCC(C3)C12)c1cccc(N)c1. The van der Waals surface area contributed by atoms with Crippen LogP contribution in [0.5, 0.6) is 0 Å². The van der Waals surface area contributed by atoms with Crippen LogP contribution < -0.4 is 10.6 Å². The second-order valence-electron chi connectivity index (χ2n) is 6.51. The van der Waals surface area contributed by atoms with E-state index in [4.69, 9.17) is 5.73 Å². The number of nitrogen functional groups attached to an aromatic ring is 1. The van der Waals surface area contributed by atoms with Crippen LogP contribution in [0.4, 0.5) is 11.4 Å². The van der Waals surface area contributed by atoms with Crippen molar-refractivity contribution in [1.82, 2.24) is 0 Å². The fraction of sp³-hybridized carbons (Fsp3) is 0.562. The number of fused-ring (bicyclic) bond motifs is 5. The van der Waals surface area contributed by atoms with Crippen LogP contribution >= 0.6 is 0 Å². The predicted molar refractivity (Wildman–Crippen MR) is 75.6 cm³/mol. The zero-order chi connectivity index (χ0) is 13.1. The molecule has 0 aromatic heterocycles. The third-order valence-electron chi connectivity index (χ3n) is 5.61. The van der Waals surface area contributed by atoms with Crippen LogP contribution in [-0.4, -0.2) is 13.0 Å². The summed E-state index contributed by atoms with van der Waals surface area (Å²) in [5, 5.41) is 0. The van der Waals surface area contributed by atoms with E-state index in [1.165, 1.54) is 19.3 Å². The molecule has 4 unspecified atom stereocenters. The standard InChI is InChI=1S/C16H20N2O/c1-18(12-4-2-3-11(17)8-12)16(19)15-13-9-5-6-10(7-9)14(13)15/h2-4,8-10,13-15H,5-7,17H2,1H3. The van der Waals surface area contributed by atoms with Crippen molar-refractivity contribution in [3.8, 4) is 0 Å². The molecule has 4 rings (SSSR count). The lowest BCUT2D eigenvalue weighted by molar-refractivity contribution is -0.120. The Hall–Kier alpha value is -1.51. The highest BCUT2D eigenvalue weighted by Crippen LogP contribution is 2.69. The molecule has 3 aliphatic carbocycles. The number of rotatable bonds is 2. The van der Waals surface area contributed by atoms with Crippen molar-refractivity contribution in [1.29, 1.82) is 0 Å². The summed E-state index contributed by atoms with van der Waals surface area (Å²) in [5.41, 5.74) is 7.43. The summed E-state index contributed by atoms with van der Waals surface area (Å²) in [6, 6.07) is 7.60. The minimum Gasteiger partial charge on any atom is -0.399 e. The minimum atomic E-state index is 0.303. The van der Waals surface area contributed by atoms with Crippen molar-refractivity contribution in [2.45, 2.75) is 19.3 Å². The Morgan fingerprint density at radius 3 is 2.58 bits per heavy atom. The summed E-state index contributed by atoms with van der Waals surface area (Å²) in [6.07, 6.45) is 4.11. The van der Waals surface area contributed by atoms with Crippen LogP contribution in [0.25, 0.3) is 0 Å². The van der Waals surface area contributed by atoms with Crippen molar-refractivity contribution in [3.63, 3.8) is 0 Å². The molecule has 1 aromatic rings. The maximum absolute atomic E-state index is 12.6. The van der Waals surface area contributed by atoms with Crippen molar-refractivity contribution >= 4 is 17.3 Å². The minimum absolute atomic E-state index is 0.303. The molecular formula is C16H20N2O. The van der Waals surface area contributed by atoms with Crippen LogP contribution in [-0.2, 0) is 4.79 Å². The first-order valence-electron chi connectivity index (χ1n) is 7.30. The molecule has 0 aliphatic heterocycles. The highest BCUT2D eigenvalue weighted by molar-refractivity contribution is 5.97. The normalized spacial score (nSPS) is 38.1. The zero-order valence-corrected chi connectivity index (χ0v) is 11.3. The van der Waals surface area contributed by atoms with Gasteiger partial charge in [-0.1, -0.05) is 6.07 Å². The third kappa shape index (κ3) is 1.54. The largest absolute Gasteiger partial charge is 0.399 e. The van der Waals surface area contributed by atoms with Gasteiger partial charge in [0, 0.05) is 24.3 Å². The average molecular weight is 256 g/mol. The van der Waals surface area contributed by atoms with Crippen molar-refractivity contribution < 1.29 is 4.79 Å². The van der Waals surface area contributed by atoms with Gasteiger partial charge in [0.1, 0.15) is 0 Å². The van der Waals surface area contributed by atoms with Gasteiger partial charge < -0.3 is 10.6 Å². The van der Waals surface area contributed by atoms with Gasteiger partial charge in [0.05, 0.1) is 0 Å². The zero-order valence-electron chi connectivity index (χ0n) is 11.3. The molecule has 3 aliphatic rings. The second-order valence-corrected chi connectivity index (χ2v) is 6.51. The highest BCUT2D eigenvalue weighted by Gasteiger charge is 2.67. The van der Waals surface area contributed by atoms with Gasteiger partial charge in [-0.05, 0) is 61.1 Å². The molecule has 19 heavy (non-hydrogen) atoms. The van der Waals surface area contributed by atoms with Crippen molar-refractivity contribution in [2.75, 3.05) is 17.7 Å². The number of benzene rings is 1. The van der Waals surface area contributed by atoms with Crippen LogP contribution in [0.3, 0.4) is 0 Å². The number of anilines is 2. The molecule has 1 amide bonds. The Kier molecular flexibility index (Phi) is 2.23. The van der Waals surface area contributed by atoms with E-state index in [9.17, 15) is 4.79 Å². The van der Waals surface area contributed by atoms with Crippen LogP contribution in [0.15, 0.2) is 24.3 Å². The lowest BCUT2D eigenvalue weighted by atomic mass is 10.0. The monoisotopic (exact) mass is 256 g/mol. The Morgan fingerprint density at radius 1 is 1.26 bits per heavy atom. The number of nitrogens with zero attached hydrogens (tertiary/aromatic N) is 1. The fourth-order valence-electron chi connectivity index (χ4n) is 4.74. The first-order chi connectivity index (χ1) is 9.16. The Balaban J connectivity index is 1.53. The fourth-order valence-corrected chi connectivity index (χ4v) is 4.74. The van der Waals surface area contributed by atoms with Gasteiger partial charge in [0.2, 0.25) is 5.91 Å². The molecular weight excluding hydrogens is 236 g/mol. The molecule has 3 fully saturated rings. The molecule has 0 heterocycles. The molecule has 3 heteroatoms. The smallest absolute Gasteiger partial charge is 0.230 e. The molecule has 3 saturated carbocycles. The van der Waals surface area contributed by atoms with Crippen LogP contribution in [0.1, 0.15) is 19.3 Å². The van der Waals surface area contributed by atoms with E-state index >= 15 is 0 Å². The van der Waals surface area contributed by atoms with E-state index in [1.54, 1.807) is 4.90 Å². The summed E-state index contributed by atoms with van der Waals surface area (Å²) in [7, 11) is 1.88. The molecule has 0 saturated heterocycles. The predicted octanol–water partition coefficient (Wildman–Crippen LogP) is 2.52. The van der Waals surface area contributed by atoms with Gasteiger partial charge in [0.15, 0.2) is 0 Å². The molecule has 4 atom stereocenters. The van der Waals surface area contributed by atoms with Crippen LogP contribution in [0.2, 0.25) is 0 Å². The summed E-state index contributed by atoms with van der Waals surface area (Å²) < 4.78 is 0. The van der Waals surface area contributed by atoms with E-state index in [0.29, 0.717) is 29.3 Å². The average Bonchev–Trinajstić information content (AvgIpc) is 2.84. The molecule has 100 valence electrons. The molecule has 1 aromatic carbocycles. The number of hydrogen-bond acceptors (Lipinski definition) is 2. The Labute approximate surface area is 113 Å². The van der Waals surface area contributed by atoms with Crippen molar-refractivity contribution in [2.24, 2.45) is 29.6 Å². The van der Waals surface area contributed by atoms with Gasteiger partial charge in [-0.15, -0.1) is 0 Å². The van der Waals surface area contributed by atoms with Gasteiger partial charge in [0.25, 0.3) is 0 Å². The molecule has 2 bridgehead atoms. The first-order valence-corrected chi connectivity index (χ1v) is 7.30. The number of hydrogen-bond donors (Lipinski definition) is 1. The van der Waals surface area contributed by atoms with Crippen molar-refractivity contribution in [3.05, 3.63) is 24.3 Å². The summed E-state index contributed by atoms with van der Waals surface area (Å²) >= 11 is 0. The quantitative estimate of drug-likeness (QED) is 0.826.